The van der Waals surface area contributed by atoms with Gasteiger partial charge in [-0.1, -0.05) is 27.7 Å². The summed E-state index contributed by atoms with van der Waals surface area (Å²) in [6, 6.07) is -12.7. The topological polar surface area (TPSA) is 516 Å². The second-order valence-corrected chi connectivity index (χ2v) is 19.3. The van der Waals surface area contributed by atoms with Gasteiger partial charge in [0.2, 0.25) is 47.3 Å². The van der Waals surface area contributed by atoms with E-state index in [2.05, 4.69) is 47.5 Å². The van der Waals surface area contributed by atoms with Crippen LogP contribution in [0.25, 0.3) is 0 Å². The van der Waals surface area contributed by atoms with E-state index < -0.39 is 145 Å². The number of carbonyl (C=O) groups is 10. The highest BCUT2D eigenvalue weighted by Gasteiger charge is 2.36. The minimum atomic E-state index is -1.66. The van der Waals surface area contributed by atoms with Crippen molar-refractivity contribution in [3.8, 4) is 0 Å². The number of nitrogens with zero attached hydrogens (tertiary/aromatic N) is 1. The Bertz CT molecular complexity index is 1890. The van der Waals surface area contributed by atoms with E-state index in [9.17, 15) is 63.3 Å². The Morgan fingerprint density at radius 1 is 0.474 bits per heavy atom. The Morgan fingerprint density at radius 2 is 0.842 bits per heavy atom. The number of carboxylic acid groups (broad SMARTS) is 2. The standard InChI is InChI=1S/C47H89N15O14/c1-25(2)23-34(43(72)59-33(46(75)76)17-18-35(65)66)60-42(71)30(14-7-10-20-49)56-41(70)32(16-12-22-54-47(52)53)57-39(68)29(13-6-9-19-48)55-40(69)31(15-8-11-21-50)58-45(74)37(27(5)64)62-44(73)36(26(3)4)61-38(67)28(51)24-63/h25-34,36-37,63-64H,6-24,48-51H2,1-5H3,(H,55,69)(H,56,70)(H,57,68)(H,58,74)(H,59,72)(H,60,71)(H,61,67)(H,62,73)(H,65,66)(H,75,76)(H4,52,53,54)/t27-,28+,29+,30+,31+,32+,33+,34+,36+,37+/m1/s1. The van der Waals surface area contributed by atoms with Crippen LogP contribution in [0.4, 0.5) is 0 Å². The molecule has 0 aromatic carbocycles. The van der Waals surface area contributed by atoms with E-state index in [1.54, 1.807) is 27.7 Å². The molecule has 0 aliphatic heterocycles. The molecule has 0 heterocycles. The number of hydrogen-bond donors (Lipinski definition) is 18. The van der Waals surface area contributed by atoms with Crippen LogP contribution in [0.1, 0.15) is 125 Å². The lowest BCUT2D eigenvalue weighted by atomic mass is 10.0. The van der Waals surface area contributed by atoms with Gasteiger partial charge in [-0.15, -0.1) is 0 Å². The molecule has 0 spiro atoms. The fourth-order valence-electron chi connectivity index (χ4n) is 7.43. The fraction of sp³-hybridized carbons (Fsp3) is 0.766. The van der Waals surface area contributed by atoms with Crippen LogP contribution in [-0.4, -0.2) is 179 Å². The quantitative estimate of drug-likeness (QED) is 0.0154. The second-order valence-electron chi connectivity index (χ2n) is 19.3. The summed E-state index contributed by atoms with van der Waals surface area (Å²) < 4.78 is 0. The van der Waals surface area contributed by atoms with Crippen molar-refractivity contribution in [2.24, 2.45) is 51.2 Å². The molecule has 0 bridgehead atoms. The van der Waals surface area contributed by atoms with Crippen LogP contribution in [0.5, 0.6) is 0 Å². The van der Waals surface area contributed by atoms with Crippen LogP contribution in [0.2, 0.25) is 0 Å². The summed E-state index contributed by atoms with van der Waals surface area (Å²) in [4.78, 5) is 137. The summed E-state index contributed by atoms with van der Waals surface area (Å²) in [5, 5.41) is 59.0. The van der Waals surface area contributed by atoms with Gasteiger partial charge in [0.1, 0.15) is 54.4 Å². The van der Waals surface area contributed by atoms with Crippen molar-refractivity contribution in [3.05, 3.63) is 0 Å². The van der Waals surface area contributed by atoms with Crippen molar-refractivity contribution in [1.29, 1.82) is 0 Å². The first kappa shape index (κ1) is 69.7. The second kappa shape index (κ2) is 38.3. The molecule has 29 nitrogen and oxygen atoms in total. The summed E-state index contributed by atoms with van der Waals surface area (Å²) in [6.45, 7) is 7.87. The lowest BCUT2D eigenvalue weighted by Crippen LogP contribution is -2.62. The van der Waals surface area contributed by atoms with Crippen LogP contribution in [0.3, 0.4) is 0 Å². The molecule has 29 heteroatoms. The molecule has 0 rings (SSSR count). The van der Waals surface area contributed by atoms with Crippen molar-refractivity contribution < 1.29 is 68.4 Å². The Hall–Kier alpha value is -6.27. The average molecular weight is 1090 g/mol. The van der Waals surface area contributed by atoms with E-state index >= 15 is 0 Å². The highest BCUT2D eigenvalue weighted by molar-refractivity contribution is 5.98. The normalized spacial score (nSPS) is 15.2. The molecule has 0 aromatic rings. The third kappa shape index (κ3) is 28.6. The van der Waals surface area contributed by atoms with Crippen LogP contribution in [-0.2, 0) is 47.9 Å². The molecule has 0 aliphatic rings. The molecule has 0 unspecified atom stereocenters. The Balaban J connectivity index is 6.96. The molecule has 0 aliphatic carbocycles. The number of nitrogens with one attached hydrogen (secondary N) is 8. The van der Waals surface area contributed by atoms with Gasteiger partial charge in [0.25, 0.3) is 0 Å². The van der Waals surface area contributed by atoms with Gasteiger partial charge in [-0.05, 0) is 122 Å². The van der Waals surface area contributed by atoms with Crippen LogP contribution >= 0.6 is 0 Å². The van der Waals surface area contributed by atoms with E-state index in [-0.39, 0.29) is 76.6 Å². The van der Waals surface area contributed by atoms with Gasteiger partial charge in [-0.2, -0.15) is 0 Å². The van der Waals surface area contributed by atoms with Crippen LogP contribution in [0.15, 0.2) is 4.99 Å². The number of carbonyl (C=O) groups excluding carboxylic acids is 8. The third-order valence-electron chi connectivity index (χ3n) is 11.8. The zero-order valence-corrected chi connectivity index (χ0v) is 44.6. The summed E-state index contributed by atoms with van der Waals surface area (Å²) in [5.41, 5.74) is 33.8. The van der Waals surface area contributed by atoms with Crippen LogP contribution in [0, 0.1) is 11.8 Å². The van der Waals surface area contributed by atoms with E-state index in [4.69, 9.17) is 39.5 Å². The van der Waals surface area contributed by atoms with Gasteiger partial charge in [0.15, 0.2) is 5.96 Å². The zero-order chi connectivity index (χ0) is 58.1. The van der Waals surface area contributed by atoms with E-state index in [1.165, 1.54) is 6.92 Å². The Morgan fingerprint density at radius 3 is 1.20 bits per heavy atom. The maximum atomic E-state index is 14.3. The number of amides is 8. The SMILES string of the molecule is CC(C)C[C@H](NC(=O)[C@H](CCCCN)NC(=O)[C@H](CCCN=C(N)N)NC(=O)[C@H](CCCCN)NC(=O)[C@H](CCCCN)NC(=O)[C@@H](NC(=O)[C@@H](NC(=O)[C@@H](N)CO)C(C)C)[C@@H](C)O)C(=O)N[C@@H](CCC(=O)O)C(=O)O. The number of guanidine groups is 1. The average Bonchev–Trinajstić information content (AvgIpc) is 3.34. The largest absolute Gasteiger partial charge is 0.481 e. The molecule has 436 valence electrons. The summed E-state index contributed by atoms with van der Waals surface area (Å²) in [7, 11) is 0. The van der Waals surface area contributed by atoms with Crippen molar-refractivity contribution >= 4 is 65.2 Å². The number of aliphatic imine (C=N–C) groups is 1. The highest BCUT2D eigenvalue weighted by atomic mass is 16.4. The first-order valence-corrected chi connectivity index (χ1v) is 25.8. The number of rotatable bonds is 41. The molecule has 8 amide bonds. The monoisotopic (exact) mass is 1090 g/mol. The summed E-state index contributed by atoms with van der Waals surface area (Å²) >= 11 is 0. The molecule has 10 atom stereocenters. The minimum Gasteiger partial charge on any atom is -0.481 e. The zero-order valence-electron chi connectivity index (χ0n) is 44.6. The van der Waals surface area contributed by atoms with Gasteiger partial charge in [-0.25, -0.2) is 4.79 Å². The number of hydrogen-bond acceptors (Lipinski definition) is 17. The molecule has 0 saturated heterocycles. The number of aliphatic hydroxyl groups is 2. The van der Waals surface area contributed by atoms with Gasteiger partial charge >= 0.3 is 11.9 Å². The number of unbranched alkanes of at least 4 members (excludes halogenated alkanes) is 3. The predicted octanol–water partition coefficient (Wildman–Crippen LogP) is -5.34. The van der Waals surface area contributed by atoms with Crippen molar-refractivity contribution in [1.82, 2.24) is 42.5 Å². The first-order chi connectivity index (χ1) is 35.7. The molecule has 0 fully saturated rings. The van der Waals surface area contributed by atoms with E-state index in [0.717, 1.165) is 0 Å². The molecule has 24 N–H and O–H groups in total. The maximum absolute atomic E-state index is 14.3. The molecule has 0 radical (unpaired) electrons. The van der Waals surface area contributed by atoms with Gasteiger partial charge < -0.3 is 97.4 Å². The van der Waals surface area contributed by atoms with E-state index in [0.29, 0.717) is 38.5 Å². The number of carboxylic acids is 2. The van der Waals surface area contributed by atoms with Gasteiger partial charge in [0, 0.05) is 13.0 Å². The predicted molar refractivity (Wildman–Crippen MR) is 280 cm³/mol. The van der Waals surface area contributed by atoms with Crippen molar-refractivity contribution in [2.75, 3.05) is 32.8 Å². The number of nitrogens with two attached hydrogens (primary N) is 6. The molecule has 0 saturated carbocycles. The number of aliphatic carboxylic acids is 2. The molecule has 76 heavy (non-hydrogen) atoms. The summed E-state index contributed by atoms with van der Waals surface area (Å²) in [5.74, 6) is -10.8. The van der Waals surface area contributed by atoms with Gasteiger partial charge in [-0.3, -0.25) is 48.1 Å². The number of aliphatic hydroxyl groups excluding tert-OH is 2. The highest BCUT2D eigenvalue weighted by Crippen LogP contribution is 2.13. The summed E-state index contributed by atoms with van der Waals surface area (Å²) in [6.07, 6.45) is -0.395. The molecular formula is C47H89N15O14. The maximum Gasteiger partial charge on any atom is 0.326 e. The lowest BCUT2D eigenvalue weighted by molar-refractivity contribution is -0.143. The first-order valence-electron chi connectivity index (χ1n) is 25.8. The molecule has 0 aromatic heterocycles. The molecular weight excluding hydrogens is 999 g/mol. The van der Waals surface area contributed by atoms with Crippen LogP contribution < -0.4 is 76.9 Å². The van der Waals surface area contributed by atoms with Crippen molar-refractivity contribution in [2.45, 2.75) is 185 Å². The minimum absolute atomic E-state index is 0.00133. The third-order valence-corrected chi connectivity index (χ3v) is 11.8. The Kier molecular flexibility index (Phi) is 35.1. The Labute approximate surface area is 444 Å². The van der Waals surface area contributed by atoms with Crippen molar-refractivity contribution in [3.63, 3.8) is 0 Å². The smallest absolute Gasteiger partial charge is 0.326 e. The fourth-order valence-corrected chi connectivity index (χ4v) is 7.43. The lowest BCUT2D eigenvalue weighted by Gasteiger charge is -2.29. The van der Waals surface area contributed by atoms with E-state index in [1.807, 2.05) is 0 Å². The van der Waals surface area contributed by atoms with Gasteiger partial charge in [0.05, 0.1) is 12.7 Å².